The predicted octanol–water partition coefficient (Wildman–Crippen LogP) is 7.18. The number of Topliss-reactive ketones (excluding diaryl/α,β-unsaturated/α-hetero) is 2. The Morgan fingerprint density at radius 1 is 0.612 bits per heavy atom. The fourth-order valence-electron chi connectivity index (χ4n) is 9.80. The molecule has 1 atom stereocenters. The summed E-state index contributed by atoms with van der Waals surface area (Å²) >= 11 is 0. The van der Waals surface area contributed by atoms with Crippen LogP contribution in [0.4, 0.5) is 26.7 Å². The summed E-state index contributed by atoms with van der Waals surface area (Å²) in [5, 5.41) is 30.0. The second-order valence-electron chi connectivity index (χ2n) is 19.6. The van der Waals surface area contributed by atoms with E-state index in [4.69, 9.17) is 21.8 Å². The Kier molecular flexibility index (Phi) is 20.3. The number of urea groups is 2. The second-order valence-corrected chi connectivity index (χ2v) is 19.6. The lowest BCUT2D eigenvalue weighted by Crippen LogP contribution is -2.56. The number of aromatic carboxylic acids is 2. The first-order valence-electron chi connectivity index (χ1n) is 27.0. The number of para-hydroxylation sites is 2. The molecule has 0 radical (unpaired) electrons. The minimum atomic E-state index is -1.36. The van der Waals surface area contributed by atoms with Crippen LogP contribution in [0.15, 0.2) is 133 Å². The molecule has 24 nitrogen and oxygen atoms in total. The maximum Gasteiger partial charge on any atom is 0.335 e. The Morgan fingerprint density at radius 3 is 1.69 bits per heavy atom. The van der Waals surface area contributed by atoms with Gasteiger partial charge in [0.2, 0.25) is 0 Å². The smallest absolute Gasteiger partial charge is 0.335 e. The number of benzene rings is 5. The van der Waals surface area contributed by atoms with Gasteiger partial charge in [0, 0.05) is 86.3 Å². The van der Waals surface area contributed by atoms with Crippen molar-refractivity contribution in [1.82, 2.24) is 30.0 Å². The summed E-state index contributed by atoms with van der Waals surface area (Å²) in [5.41, 5.74) is 9.56. The van der Waals surface area contributed by atoms with Gasteiger partial charge in [-0.1, -0.05) is 78.4 Å². The number of nitrogens with two attached hydrogens (primary N) is 1. The highest BCUT2D eigenvalue weighted by Crippen LogP contribution is 2.31. The third-order valence-electron chi connectivity index (χ3n) is 14.0. The minimum Gasteiger partial charge on any atom is -0.478 e. The van der Waals surface area contributed by atoms with Crippen LogP contribution in [0.25, 0.3) is 32.3 Å². The number of H-pyrrole nitrogens is 2. The normalized spacial score (nSPS) is 13.9. The molecular weight excluding hydrogens is 1090 g/mol. The highest BCUT2D eigenvalue weighted by molar-refractivity contribution is 6.45. The molecular formula is C61H61N11O13. The molecule has 0 spiro atoms. The van der Waals surface area contributed by atoms with Crippen molar-refractivity contribution in [2.24, 2.45) is 5.73 Å². The molecule has 5 aromatic carbocycles. The summed E-state index contributed by atoms with van der Waals surface area (Å²) in [7, 11) is 0. The molecule has 10 N–H and O–H groups in total. The number of hydrogen-bond donors (Lipinski definition) is 9. The number of piperidine rings is 1. The van der Waals surface area contributed by atoms with Crippen LogP contribution < -0.4 is 27.0 Å². The molecule has 438 valence electrons. The number of carboxylic acids is 2. The second kappa shape index (κ2) is 28.5. The largest absolute Gasteiger partial charge is 0.478 e. The summed E-state index contributed by atoms with van der Waals surface area (Å²) in [4.78, 5) is 128. The molecule has 0 aliphatic carbocycles. The van der Waals surface area contributed by atoms with Gasteiger partial charge in [0.05, 0.1) is 77.7 Å². The number of piperazine rings is 1. The number of nitrogens with one attached hydrogen (secondary N) is 6. The van der Waals surface area contributed by atoms with E-state index in [1.807, 2.05) is 55.5 Å². The average Bonchev–Trinajstić information content (AvgIpc) is 3.80. The van der Waals surface area contributed by atoms with E-state index >= 15 is 0 Å². The number of ether oxygens (including phenoxy) is 2. The summed E-state index contributed by atoms with van der Waals surface area (Å²) < 4.78 is 10.6. The van der Waals surface area contributed by atoms with Gasteiger partial charge in [0.15, 0.2) is 5.70 Å². The van der Waals surface area contributed by atoms with Crippen molar-refractivity contribution in [2.75, 3.05) is 88.2 Å². The van der Waals surface area contributed by atoms with Crippen molar-refractivity contribution in [1.29, 1.82) is 0 Å². The zero-order valence-electron chi connectivity index (χ0n) is 46.1. The predicted molar refractivity (Wildman–Crippen MR) is 315 cm³/mol. The van der Waals surface area contributed by atoms with Crippen LogP contribution in [0.5, 0.6) is 0 Å². The van der Waals surface area contributed by atoms with Gasteiger partial charge in [-0.25, -0.2) is 24.0 Å². The highest BCUT2D eigenvalue weighted by Gasteiger charge is 2.35. The molecule has 2 fully saturated rings. The number of aromatic amines is 2. The van der Waals surface area contributed by atoms with Crippen LogP contribution in [-0.4, -0.2) is 166 Å². The number of fused-ring (bicyclic) bond motifs is 2. The lowest BCUT2D eigenvalue weighted by molar-refractivity contribution is -0.130. The van der Waals surface area contributed by atoms with Gasteiger partial charge in [0.1, 0.15) is 0 Å². The summed E-state index contributed by atoms with van der Waals surface area (Å²) in [6, 6.07) is 29.9. The van der Waals surface area contributed by atoms with E-state index in [0.717, 1.165) is 29.3 Å². The van der Waals surface area contributed by atoms with Crippen LogP contribution in [0.3, 0.4) is 0 Å². The van der Waals surface area contributed by atoms with Gasteiger partial charge in [-0.05, 0) is 67.8 Å². The maximum atomic E-state index is 13.3. The number of amides is 7. The Hall–Kier alpha value is -10.5. The lowest BCUT2D eigenvalue weighted by atomic mass is 9.97. The van der Waals surface area contributed by atoms with Crippen LogP contribution >= 0.6 is 0 Å². The van der Waals surface area contributed by atoms with Crippen LogP contribution in [0, 0.1) is 6.57 Å². The number of hydrogen-bond acceptors (Lipinski definition) is 12. The molecule has 2 aliphatic heterocycles. The zero-order chi connectivity index (χ0) is 60.6. The van der Waals surface area contributed by atoms with E-state index in [1.54, 1.807) is 53.4 Å². The van der Waals surface area contributed by atoms with Gasteiger partial charge < -0.3 is 71.4 Å². The first kappa shape index (κ1) is 60.6. The van der Waals surface area contributed by atoms with Crippen LogP contribution in [-0.2, 0) is 19.1 Å². The summed E-state index contributed by atoms with van der Waals surface area (Å²) in [6.07, 6.45) is 3.83. The number of likely N-dealkylation sites (tertiary alicyclic amines) is 1. The molecule has 0 saturated carbocycles. The molecule has 4 heterocycles. The van der Waals surface area contributed by atoms with Gasteiger partial charge >= 0.3 is 24.0 Å². The quantitative estimate of drug-likeness (QED) is 0.0168. The molecule has 85 heavy (non-hydrogen) atoms. The lowest BCUT2D eigenvalue weighted by Gasteiger charge is -2.39. The van der Waals surface area contributed by atoms with E-state index < -0.39 is 47.4 Å². The van der Waals surface area contributed by atoms with Crippen LogP contribution in [0.2, 0.25) is 0 Å². The summed E-state index contributed by atoms with van der Waals surface area (Å²) in [6.45, 7) is 13.4. The first-order valence-corrected chi connectivity index (χ1v) is 27.0. The number of aromatic nitrogens is 2. The number of nitrogens with zero attached hydrogens (tertiary/aromatic N) is 4. The molecule has 0 bridgehead atoms. The van der Waals surface area contributed by atoms with Gasteiger partial charge in [0.25, 0.3) is 29.3 Å². The number of anilines is 3. The average molecular weight is 1160 g/mol. The van der Waals surface area contributed by atoms with Crippen molar-refractivity contribution in [2.45, 2.75) is 25.8 Å². The molecule has 0 unspecified atom stereocenters. The van der Waals surface area contributed by atoms with Crippen molar-refractivity contribution >= 4 is 97.9 Å². The fraction of sp³-hybridized carbons (Fsp3) is 0.246. The Labute approximate surface area is 486 Å². The fourth-order valence-corrected chi connectivity index (χ4v) is 9.80. The zero-order valence-corrected chi connectivity index (χ0v) is 46.1. The van der Waals surface area contributed by atoms with Gasteiger partial charge in [-0.2, -0.15) is 0 Å². The molecule has 7 aromatic rings. The van der Waals surface area contributed by atoms with E-state index in [9.17, 15) is 53.4 Å². The molecule has 24 heteroatoms. The first-order chi connectivity index (χ1) is 41.1. The molecule has 7 amide bonds. The van der Waals surface area contributed by atoms with Crippen molar-refractivity contribution in [3.05, 3.63) is 178 Å². The van der Waals surface area contributed by atoms with Crippen molar-refractivity contribution < 1.29 is 62.8 Å². The monoisotopic (exact) mass is 1160 g/mol. The number of carbonyl (C=O) groups excluding carboxylic acids is 7. The van der Waals surface area contributed by atoms with Crippen molar-refractivity contribution in [3.63, 3.8) is 0 Å². The van der Waals surface area contributed by atoms with E-state index in [-0.39, 0.29) is 52.1 Å². The van der Waals surface area contributed by atoms with Gasteiger partial charge in [-0.3, -0.25) is 24.0 Å². The highest BCUT2D eigenvalue weighted by atomic mass is 16.5. The van der Waals surface area contributed by atoms with Crippen LogP contribution in [0.1, 0.15) is 77.1 Å². The maximum absolute atomic E-state index is 13.3. The molecule has 9 rings (SSSR count). The van der Waals surface area contributed by atoms with E-state index in [1.165, 1.54) is 22.2 Å². The molecule has 2 saturated heterocycles. The molecule has 2 aliphatic rings. The third kappa shape index (κ3) is 15.0. The van der Waals surface area contributed by atoms with Crippen molar-refractivity contribution in [3.8, 4) is 0 Å². The van der Waals surface area contributed by atoms with E-state index in [0.29, 0.717) is 117 Å². The van der Waals surface area contributed by atoms with E-state index in [2.05, 4.69) is 36.1 Å². The Balaban J connectivity index is 0.000000222. The minimum absolute atomic E-state index is 0.0493. The number of carbonyl (C=O) groups is 9. The van der Waals surface area contributed by atoms with Gasteiger partial charge in [-0.15, -0.1) is 0 Å². The SMILES string of the molecule is C[C@@H]1CN(C(=O)c2ccccc2)CCN1C(=O)C(=O)c1c[nH]c2c(NC(=O)NCCOCCOCCN)cccc12.[C-]#[N+]C(=C1CCN(C(=O)C(=O)c2c[nH]c3c(NC(=O)Nc4cc(C(=O)O)cc(C(=O)O)c4)cccc23)CC1)c1ccccc1. The molecule has 2 aromatic heterocycles. The Bertz CT molecular complexity index is 3700. The standard InChI is InChI=1S/C32H25N5O7.C29H36N6O6/c1-33-26(18-6-3-2-4-7-18)19-10-12-37(13-11-19)29(39)28(38)24-17-34-27-23(24)8-5-9-25(27)36-32(44)35-22-15-20(30(40)41)14-21(16-22)31(42)43;1-20-19-34(27(37)21-6-3-2-4-7-21)12-13-35(20)28(38)26(36)23-18-32-25-22(23)8-5-9-24(25)33-29(39)31-11-15-41-17-16-40-14-10-30/h2-9,14-17,34H,10-13H2,(H,40,41)(H,42,43)(H2,35,36,44);2-9,18,20,32H,10-17,19,30H2,1H3,(H2,31,33,39)/t;20-/m.1/s1. The Morgan fingerprint density at radius 2 is 1.15 bits per heavy atom. The number of carboxylic acid groups (broad SMARTS) is 2. The number of ketones is 2. The topological polar surface area (TPSA) is 332 Å². The number of rotatable bonds is 19. The summed E-state index contributed by atoms with van der Waals surface area (Å²) in [5.74, 6) is -5.49. The third-order valence-corrected chi connectivity index (χ3v) is 14.0.